The zero-order chi connectivity index (χ0) is 12.3. The van der Waals surface area contributed by atoms with Gasteiger partial charge in [-0.25, -0.2) is 0 Å². The summed E-state index contributed by atoms with van der Waals surface area (Å²) in [5.74, 6) is 2.17. The molecule has 94 valence electrons. The molecule has 1 N–H and O–H groups in total. The fourth-order valence-electron chi connectivity index (χ4n) is 2.06. The maximum absolute atomic E-state index is 5.87. The van der Waals surface area contributed by atoms with Gasteiger partial charge in [-0.3, -0.25) is 0 Å². The summed E-state index contributed by atoms with van der Waals surface area (Å²) in [6.45, 7) is 7.43. The first kappa shape index (κ1) is 12.9. The average molecular weight is 298 g/mol. The van der Waals surface area contributed by atoms with Gasteiger partial charge in [0.05, 0.1) is 11.1 Å². The minimum absolute atomic E-state index is 0.555. The van der Waals surface area contributed by atoms with Crippen LogP contribution in [0.1, 0.15) is 31.7 Å². The second kappa shape index (κ2) is 5.87. The van der Waals surface area contributed by atoms with Crippen molar-refractivity contribution in [1.82, 2.24) is 5.32 Å². The lowest BCUT2D eigenvalue weighted by Gasteiger charge is -2.14. The number of hydrogen-bond donors (Lipinski definition) is 1. The van der Waals surface area contributed by atoms with Gasteiger partial charge in [-0.15, -0.1) is 0 Å². The first-order valence-electron chi connectivity index (χ1n) is 6.30. The molecular weight excluding hydrogens is 278 g/mol. The minimum Gasteiger partial charge on any atom is -0.492 e. The number of halogens is 1. The predicted molar refractivity (Wildman–Crippen MR) is 74.7 cm³/mol. The number of ether oxygens (including phenoxy) is 1. The molecule has 1 aliphatic rings. The molecule has 0 saturated carbocycles. The van der Waals surface area contributed by atoms with E-state index in [0.717, 1.165) is 29.9 Å². The molecule has 0 radical (unpaired) electrons. The molecule has 1 aliphatic heterocycles. The first-order valence-corrected chi connectivity index (χ1v) is 7.09. The van der Waals surface area contributed by atoms with Crippen LogP contribution >= 0.6 is 15.9 Å². The van der Waals surface area contributed by atoms with E-state index in [1.807, 2.05) is 0 Å². The lowest BCUT2D eigenvalue weighted by molar-refractivity contribution is 0.258. The molecule has 1 unspecified atom stereocenters. The van der Waals surface area contributed by atoms with Crippen molar-refractivity contribution in [1.29, 1.82) is 0 Å². The van der Waals surface area contributed by atoms with Crippen LogP contribution in [0.15, 0.2) is 22.7 Å². The molecule has 1 aromatic rings. The summed E-state index contributed by atoms with van der Waals surface area (Å²) in [7, 11) is 0. The topological polar surface area (TPSA) is 21.3 Å². The molecule has 3 heteroatoms. The van der Waals surface area contributed by atoms with Crippen LogP contribution in [0.2, 0.25) is 0 Å². The zero-order valence-corrected chi connectivity index (χ0v) is 12.1. The van der Waals surface area contributed by atoms with Crippen molar-refractivity contribution in [3.05, 3.63) is 28.2 Å². The molecule has 2 rings (SSSR count). The molecule has 1 atom stereocenters. The molecule has 0 amide bonds. The molecular formula is C14H20BrNO. The van der Waals surface area contributed by atoms with Gasteiger partial charge in [0.15, 0.2) is 0 Å². The van der Waals surface area contributed by atoms with E-state index in [1.165, 1.54) is 12.0 Å². The van der Waals surface area contributed by atoms with Gasteiger partial charge in [0.1, 0.15) is 5.75 Å². The number of nitrogens with one attached hydrogen (secondary N) is 1. The fraction of sp³-hybridized carbons (Fsp3) is 0.571. The minimum atomic E-state index is 0.555. The lowest BCUT2D eigenvalue weighted by Crippen LogP contribution is -2.15. The Hall–Kier alpha value is -0.540. The van der Waals surface area contributed by atoms with Crippen LogP contribution in [-0.4, -0.2) is 19.7 Å². The zero-order valence-electron chi connectivity index (χ0n) is 10.5. The van der Waals surface area contributed by atoms with E-state index in [-0.39, 0.29) is 0 Å². The molecule has 1 aromatic carbocycles. The summed E-state index contributed by atoms with van der Waals surface area (Å²) in [5.41, 5.74) is 1.34. The Bertz CT molecular complexity index is 372. The Morgan fingerprint density at radius 2 is 2.29 bits per heavy atom. The Labute approximate surface area is 112 Å². The van der Waals surface area contributed by atoms with Crippen molar-refractivity contribution in [2.45, 2.75) is 26.2 Å². The van der Waals surface area contributed by atoms with Crippen molar-refractivity contribution in [2.24, 2.45) is 5.92 Å². The first-order chi connectivity index (χ1) is 8.16. The van der Waals surface area contributed by atoms with Crippen LogP contribution in [0.4, 0.5) is 0 Å². The van der Waals surface area contributed by atoms with E-state index < -0.39 is 0 Å². The summed E-state index contributed by atoms with van der Waals surface area (Å²) in [5, 5.41) is 3.36. The highest BCUT2D eigenvalue weighted by molar-refractivity contribution is 9.10. The van der Waals surface area contributed by atoms with Crippen molar-refractivity contribution >= 4 is 15.9 Å². The van der Waals surface area contributed by atoms with E-state index in [4.69, 9.17) is 4.74 Å². The van der Waals surface area contributed by atoms with E-state index >= 15 is 0 Å². The predicted octanol–water partition coefficient (Wildman–Crippen LogP) is 3.56. The van der Waals surface area contributed by atoms with Gasteiger partial charge in [-0.1, -0.05) is 19.9 Å². The Morgan fingerprint density at radius 3 is 2.88 bits per heavy atom. The highest BCUT2D eigenvalue weighted by Gasteiger charge is 2.15. The number of hydrogen-bond acceptors (Lipinski definition) is 2. The van der Waals surface area contributed by atoms with Crippen molar-refractivity contribution < 1.29 is 4.74 Å². The highest BCUT2D eigenvalue weighted by atomic mass is 79.9. The van der Waals surface area contributed by atoms with Crippen LogP contribution in [-0.2, 0) is 0 Å². The van der Waals surface area contributed by atoms with E-state index in [1.54, 1.807) is 0 Å². The van der Waals surface area contributed by atoms with Crippen LogP contribution in [0, 0.1) is 5.92 Å². The third-order valence-electron chi connectivity index (χ3n) is 3.26. The van der Waals surface area contributed by atoms with Gasteiger partial charge < -0.3 is 10.1 Å². The molecule has 0 aliphatic carbocycles. The Morgan fingerprint density at radius 1 is 1.47 bits per heavy atom. The molecule has 0 aromatic heterocycles. The molecule has 17 heavy (non-hydrogen) atoms. The van der Waals surface area contributed by atoms with Crippen LogP contribution < -0.4 is 10.1 Å². The molecule has 2 nitrogen and oxygen atoms in total. The number of rotatable bonds is 4. The highest BCUT2D eigenvalue weighted by Crippen LogP contribution is 2.29. The van der Waals surface area contributed by atoms with Gasteiger partial charge in [0.2, 0.25) is 0 Å². The summed E-state index contributed by atoms with van der Waals surface area (Å²) in [4.78, 5) is 0. The van der Waals surface area contributed by atoms with Gasteiger partial charge in [0.25, 0.3) is 0 Å². The Balaban J connectivity index is 1.96. The second-order valence-corrected chi connectivity index (χ2v) is 5.87. The maximum Gasteiger partial charge on any atom is 0.133 e. The quantitative estimate of drug-likeness (QED) is 0.917. The monoisotopic (exact) mass is 297 g/mol. The van der Waals surface area contributed by atoms with Crippen molar-refractivity contribution in [2.75, 3.05) is 19.7 Å². The summed E-state index contributed by atoms with van der Waals surface area (Å²) in [6, 6.07) is 6.38. The average Bonchev–Trinajstić information content (AvgIpc) is 2.80. The second-order valence-electron chi connectivity index (χ2n) is 5.01. The lowest BCUT2D eigenvalue weighted by atomic mass is 10.0. The largest absolute Gasteiger partial charge is 0.492 e. The summed E-state index contributed by atoms with van der Waals surface area (Å²) in [6.07, 6.45) is 1.22. The molecule has 1 fully saturated rings. The van der Waals surface area contributed by atoms with Crippen molar-refractivity contribution in [3.8, 4) is 5.75 Å². The van der Waals surface area contributed by atoms with Crippen LogP contribution in [0.3, 0.4) is 0 Å². The maximum atomic E-state index is 5.87. The van der Waals surface area contributed by atoms with Gasteiger partial charge in [-0.05, 0) is 52.5 Å². The van der Waals surface area contributed by atoms with Crippen LogP contribution in [0.25, 0.3) is 0 Å². The van der Waals surface area contributed by atoms with E-state index in [2.05, 4.69) is 53.3 Å². The van der Waals surface area contributed by atoms with E-state index in [0.29, 0.717) is 11.8 Å². The van der Waals surface area contributed by atoms with Gasteiger partial charge in [0, 0.05) is 12.5 Å². The van der Waals surface area contributed by atoms with Gasteiger partial charge >= 0.3 is 0 Å². The third kappa shape index (κ3) is 3.46. The smallest absolute Gasteiger partial charge is 0.133 e. The standard InChI is InChI=1S/C14H20BrNO/c1-10(2)12-3-4-14(13(15)7-12)17-9-11-5-6-16-8-11/h3-4,7,10-11,16H,5-6,8-9H2,1-2H3. The fourth-order valence-corrected chi connectivity index (χ4v) is 2.57. The number of benzene rings is 1. The molecule has 0 spiro atoms. The normalized spacial score (nSPS) is 19.9. The molecule has 1 heterocycles. The SMILES string of the molecule is CC(C)c1ccc(OCC2CCNC2)c(Br)c1. The molecule has 1 saturated heterocycles. The summed E-state index contributed by atoms with van der Waals surface area (Å²) < 4.78 is 6.93. The third-order valence-corrected chi connectivity index (χ3v) is 3.88. The molecule has 0 bridgehead atoms. The Kier molecular flexibility index (Phi) is 4.46. The van der Waals surface area contributed by atoms with E-state index in [9.17, 15) is 0 Å². The van der Waals surface area contributed by atoms with Crippen molar-refractivity contribution in [3.63, 3.8) is 0 Å². The summed E-state index contributed by atoms with van der Waals surface area (Å²) >= 11 is 3.58. The van der Waals surface area contributed by atoms with Gasteiger partial charge in [-0.2, -0.15) is 0 Å². The van der Waals surface area contributed by atoms with Crippen LogP contribution in [0.5, 0.6) is 5.75 Å².